The Bertz CT molecular complexity index is 469. The topological polar surface area (TPSA) is 62.0 Å². The molecule has 0 fully saturated rings. The average Bonchev–Trinajstić information content (AvgIpc) is 2.36. The number of pyridine rings is 1. The van der Waals surface area contributed by atoms with E-state index in [1.807, 2.05) is 6.92 Å². The first-order valence-electron chi connectivity index (χ1n) is 6.30. The van der Waals surface area contributed by atoms with Gasteiger partial charge in [0.15, 0.2) is 0 Å². The molecule has 0 aromatic carbocycles. The van der Waals surface area contributed by atoms with E-state index in [1.165, 1.54) is 6.07 Å². The number of H-pyrrole nitrogens is 1. The quantitative estimate of drug-likeness (QED) is 0.780. The van der Waals surface area contributed by atoms with Gasteiger partial charge in [-0.05, 0) is 18.9 Å². The minimum atomic E-state index is -0.385. The summed E-state index contributed by atoms with van der Waals surface area (Å²) in [5.74, 6) is -0.364. The summed E-state index contributed by atoms with van der Waals surface area (Å²) in [6.07, 6.45) is 3.70. The molecule has 0 saturated heterocycles. The number of unbranched alkanes of at least 4 members (excludes halogenated alkanes) is 2. The highest BCUT2D eigenvalue weighted by Gasteiger charge is 2.12. The van der Waals surface area contributed by atoms with Gasteiger partial charge in [0.25, 0.3) is 11.5 Å². The molecule has 0 spiro atoms. The number of aromatic nitrogens is 1. The normalized spacial score (nSPS) is 10.4. The first-order chi connectivity index (χ1) is 8.60. The maximum atomic E-state index is 11.8. The van der Waals surface area contributed by atoms with Crippen LogP contribution in [0.1, 0.15) is 49.2 Å². The number of amides is 1. The molecule has 1 aromatic heterocycles. The molecule has 0 aliphatic carbocycles. The van der Waals surface area contributed by atoms with Crippen LogP contribution in [0, 0.1) is 0 Å². The van der Waals surface area contributed by atoms with Crippen molar-refractivity contribution < 1.29 is 4.79 Å². The average molecular weight is 271 g/mol. The Hall–Kier alpha value is -1.29. The third-order valence-electron chi connectivity index (χ3n) is 2.73. The van der Waals surface area contributed by atoms with Gasteiger partial charge in [-0.2, -0.15) is 0 Å². The van der Waals surface area contributed by atoms with E-state index in [9.17, 15) is 9.59 Å². The minimum absolute atomic E-state index is 0.0775. The summed E-state index contributed by atoms with van der Waals surface area (Å²) in [4.78, 5) is 26.1. The largest absolute Gasteiger partial charge is 0.352 e. The number of rotatable bonds is 6. The Balaban J connectivity index is 2.74. The zero-order chi connectivity index (χ0) is 13.5. The molecule has 100 valence electrons. The molecule has 0 saturated carbocycles. The van der Waals surface area contributed by atoms with Crippen LogP contribution in [-0.2, 0) is 6.42 Å². The second kappa shape index (κ2) is 7.21. The zero-order valence-corrected chi connectivity index (χ0v) is 11.6. The summed E-state index contributed by atoms with van der Waals surface area (Å²) in [7, 11) is 0. The predicted molar refractivity (Wildman–Crippen MR) is 73.3 cm³/mol. The van der Waals surface area contributed by atoms with E-state index in [1.54, 1.807) is 0 Å². The molecular weight excluding hydrogens is 252 g/mol. The summed E-state index contributed by atoms with van der Waals surface area (Å²) in [6, 6.07) is 1.44. The van der Waals surface area contributed by atoms with Gasteiger partial charge in [-0.1, -0.05) is 38.3 Å². The van der Waals surface area contributed by atoms with Crippen molar-refractivity contribution in [1.82, 2.24) is 10.3 Å². The fraction of sp³-hybridized carbons (Fsp3) is 0.538. The second-order valence-corrected chi connectivity index (χ2v) is 4.56. The molecule has 0 radical (unpaired) electrons. The van der Waals surface area contributed by atoms with Gasteiger partial charge in [-0.25, -0.2) is 0 Å². The third kappa shape index (κ3) is 3.88. The highest BCUT2D eigenvalue weighted by Crippen LogP contribution is 2.13. The van der Waals surface area contributed by atoms with Crippen molar-refractivity contribution in [3.05, 3.63) is 32.7 Å². The molecule has 1 rings (SSSR count). The van der Waals surface area contributed by atoms with Gasteiger partial charge >= 0.3 is 0 Å². The molecule has 1 heterocycles. The maximum Gasteiger partial charge on any atom is 0.261 e. The molecular formula is C13H19ClN2O2. The molecule has 2 N–H and O–H groups in total. The number of hydrogen-bond donors (Lipinski definition) is 2. The van der Waals surface area contributed by atoms with Gasteiger partial charge in [-0.15, -0.1) is 0 Å². The van der Waals surface area contributed by atoms with Gasteiger partial charge in [0.2, 0.25) is 0 Å². The first kappa shape index (κ1) is 14.8. The molecule has 0 unspecified atom stereocenters. The lowest BCUT2D eigenvalue weighted by atomic mass is 10.2. The number of carbonyl (C=O) groups excluding carboxylic acids is 1. The Labute approximate surface area is 112 Å². The Kier molecular flexibility index (Phi) is 5.92. The van der Waals surface area contributed by atoms with Crippen molar-refractivity contribution in [3.8, 4) is 0 Å². The van der Waals surface area contributed by atoms with E-state index in [0.717, 1.165) is 19.3 Å². The summed E-state index contributed by atoms with van der Waals surface area (Å²) in [5, 5.41) is 3.15. The fourth-order valence-electron chi connectivity index (χ4n) is 1.64. The van der Waals surface area contributed by atoms with Crippen molar-refractivity contribution in [1.29, 1.82) is 0 Å². The maximum absolute atomic E-state index is 11.8. The Morgan fingerprint density at radius 2 is 2.11 bits per heavy atom. The molecule has 1 aromatic rings. The molecule has 0 aliphatic rings. The van der Waals surface area contributed by atoms with Crippen LogP contribution in [-0.4, -0.2) is 17.4 Å². The van der Waals surface area contributed by atoms with E-state index < -0.39 is 0 Å². The lowest BCUT2D eigenvalue weighted by molar-refractivity contribution is 0.0951. The van der Waals surface area contributed by atoms with Crippen LogP contribution in [0.4, 0.5) is 0 Å². The van der Waals surface area contributed by atoms with Crippen LogP contribution in [0.5, 0.6) is 0 Å². The number of aromatic amines is 1. The van der Waals surface area contributed by atoms with Gasteiger partial charge in [0.1, 0.15) is 5.56 Å². The summed E-state index contributed by atoms with van der Waals surface area (Å²) < 4.78 is 0. The Morgan fingerprint density at radius 3 is 2.72 bits per heavy atom. The van der Waals surface area contributed by atoms with Crippen LogP contribution < -0.4 is 10.9 Å². The lowest BCUT2D eigenvalue weighted by Gasteiger charge is -2.06. The standard InChI is InChI=1S/C13H19ClN2O2/c1-3-5-6-7-15-12(17)9-8-10(14)11(4-2)16-13(9)18/h8H,3-7H2,1-2H3,(H,15,17)(H,16,18). The summed E-state index contributed by atoms with van der Waals surface area (Å²) >= 11 is 5.98. The third-order valence-corrected chi connectivity index (χ3v) is 3.07. The molecule has 18 heavy (non-hydrogen) atoms. The summed E-state index contributed by atoms with van der Waals surface area (Å²) in [6.45, 7) is 4.57. The van der Waals surface area contributed by atoms with Crippen LogP contribution in [0.3, 0.4) is 0 Å². The molecule has 0 aliphatic heterocycles. The predicted octanol–water partition coefficient (Wildman–Crippen LogP) is 2.51. The van der Waals surface area contributed by atoms with Crippen molar-refractivity contribution in [3.63, 3.8) is 0 Å². The highest BCUT2D eigenvalue weighted by atomic mass is 35.5. The highest BCUT2D eigenvalue weighted by molar-refractivity contribution is 6.31. The molecule has 4 nitrogen and oxygen atoms in total. The molecule has 5 heteroatoms. The monoisotopic (exact) mass is 270 g/mol. The van der Waals surface area contributed by atoms with Crippen LogP contribution in [0.2, 0.25) is 5.02 Å². The number of aryl methyl sites for hydroxylation is 1. The van der Waals surface area contributed by atoms with Crippen molar-refractivity contribution >= 4 is 17.5 Å². The minimum Gasteiger partial charge on any atom is -0.352 e. The van der Waals surface area contributed by atoms with Gasteiger partial charge in [0, 0.05) is 12.2 Å². The zero-order valence-electron chi connectivity index (χ0n) is 10.8. The van der Waals surface area contributed by atoms with E-state index in [4.69, 9.17) is 11.6 Å². The van der Waals surface area contributed by atoms with E-state index in [-0.39, 0.29) is 17.0 Å². The van der Waals surface area contributed by atoms with E-state index >= 15 is 0 Å². The number of carbonyl (C=O) groups is 1. The van der Waals surface area contributed by atoms with Crippen LogP contribution in [0.15, 0.2) is 10.9 Å². The van der Waals surface area contributed by atoms with Crippen LogP contribution in [0.25, 0.3) is 0 Å². The van der Waals surface area contributed by atoms with Crippen molar-refractivity contribution in [2.24, 2.45) is 0 Å². The molecule has 0 bridgehead atoms. The smallest absolute Gasteiger partial charge is 0.261 e. The van der Waals surface area contributed by atoms with E-state index in [0.29, 0.717) is 23.7 Å². The van der Waals surface area contributed by atoms with Crippen molar-refractivity contribution in [2.45, 2.75) is 39.5 Å². The molecule has 1 amide bonds. The Morgan fingerprint density at radius 1 is 1.39 bits per heavy atom. The SMILES string of the molecule is CCCCCNC(=O)c1cc(Cl)c(CC)[nH]c1=O. The fourth-order valence-corrected chi connectivity index (χ4v) is 1.93. The molecule has 0 atom stereocenters. The van der Waals surface area contributed by atoms with Crippen LogP contribution >= 0.6 is 11.6 Å². The summed E-state index contributed by atoms with van der Waals surface area (Å²) in [5.41, 5.74) is 0.349. The van der Waals surface area contributed by atoms with Gasteiger partial charge in [-0.3, -0.25) is 9.59 Å². The van der Waals surface area contributed by atoms with E-state index in [2.05, 4.69) is 17.2 Å². The second-order valence-electron chi connectivity index (χ2n) is 4.16. The number of hydrogen-bond acceptors (Lipinski definition) is 2. The van der Waals surface area contributed by atoms with Crippen molar-refractivity contribution in [2.75, 3.05) is 6.54 Å². The first-order valence-corrected chi connectivity index (χ1v) is 6.67. The number of nitrogens with one attached hydrogen (secondary N) is 2. The lowest BCUT2D eigenvalue weighted by Crippen LogP contribution is -2.30. The van der Waals surface area contributed by atoms with Gasteiger partial charge < -0.3 is 10.3 Å². The van der Waals surface area contributed by atoms with Gasteiger partial charge in [0.05, 0.1) is 5.02 Å². The number of halogens is 1.